The molecule has 0 spiro atoms. The van der Waals surface area contributed by atoms with E-state index < -0.39 is 0 Å². The normalized spacial score (nSPS) is 24.7. The van der Waals surface area contributed by atoms with Crippen molar-refractivity contribution >= 4 is 11.8 Å². The Morgan fingerprint density at radius 1 is 0.520 bits per heavy atom. The fourth-order valence-corrected chi connectivity index (χ4v) is 7.76. The number of hydrogen-bond donors (Lipinski definition) is 0. The first-order valence-corrected chi connectivity index (χ1v) is 12.8. The fraction of sp³-hybridized carbons (Fsp3) is 1.00. The summed E-state index contributed by atoms with van der Waals surface area (Å²) in [6, 6.07) is 0. The summed E-state index contributed by atoms with van der Waals surface area (Å²) in [5.74, 6) is 0. The molecule has 0 atom stereocenters. The summed E-state index contributed by atoms with van der Waals surface area (Å²) < 4.78 is 1.26. The lowest BCUT2D eigenvalue weighted by atomic mass is 9.85. The molecule has 2 fully saturated rings. The zero-order valence-corrected chi connectivity index (χ0v) is 18.4. The predicted molar refractivity (Wildman–Crippen MR) is 117 cm³/mol. The summed E-state index contributed by atoms with van der Waals surface area (Å²) >= 11 is 2.56. The molecule has 0 N–H and O–H groups in total. The molecule has 1 heteroatoms. The van der Waals surface area contributed by atoms with E-state index in [2.05, 4.69) is 25.6 Å². The van der Waals surface area contributed by atoms with Gasteiger partial charge < -0.3 is 0 Å². The smallest absolute Gasteiger partial charge is 0.0165 e. The largest absolute Gasteiger partial charge is 0.148 e. The van der Waals surface area contributed by atoms with Crippen LogP contribution < -0.4 is 0 Å². The quantitative estimate of drug-likeness (QED) is 0.412. The summed E-state index contributed by atoms with van der Waals surface area (Å²) in [6.07, 6.45) is 29.7. The Morgan fingerprint density at radius 3 is 1.16 bits per heavy atom. The zero-order chi connectivity index (χ0) is 17.8. The van der Waals surface area contributed by atoms with Crippen LogP contribution in [-0.4, -0.2) is 9.49 Å². The fourth-order valence-electron chi connectivity index (χ4n) is 5.36. The van der Waals surface area contributed by atoms with Crippen LogP contribution in [0.4, 0.5) is 0 Å². The van der Waals surface area contributed by atoms with Crippen LogP contribution in [-0.2, 0) is 0 Å². The third kappa shape index (κ3) is 7.47. The summed E-state index contributed by atoms with van der Waals surface area (Å²) in [6.45, 7) is 4.79. The van der Waals surface area contributed by atoms with Crippen molar-refractivity contribution in [3.8, 4) is 0 Å². The van der Waals surface area contributed by atoms with Crippen molar-refractivity contribution in [1.82, 2.24) is 0 Å². The molecule has 148 valence electrons. The Bertz CT molecular complexity index is 276. The van der Waals surface area contributed by atoms with Gasteiger partial charge in [-0.25, -0.2) is 0 Å². The second-order valence-electron chi connectivity index (χ2n) is 9.21. The minimum atomic E-state index is 0.628. The molecule has 0 aromatic heterocycles. The van der Waals surface area contributed by atoms with Gasteiger partial charge in [-0.05, 0) is 38.5 Å². The van der Waals surface area contributed by atoms with Gasteiger partial charge in [0.1, 0.15) is 0 Å². The summed E-state index contributed by atoms with van der Waals surface area (Å²) in [5.41, 5.74) is 0. The average Bonchev–Trinajstić information content (AvgIpc) is 2.57. The van der Waals surface area contributed by atoms with E-state index in [1.54, 1.807) is 0 Å². The topological polar surface area (TPSA) is 0 Å². The number of rotatable bonds is 8. The van der Waals surface area contributed by atoms with Crippen LogP contribution >= 0.6 is 11.8 Å². The van der Waals surface area contributed by atoms with Crippen LogP contribution in [0.3, 0.4) is 0 Å². The number of hydrogen-bond acceptors (Lipinski definition) is 1. The van der Waals surface area contributed by atoms with Crippen LogP contribution in [0.15, 0.2) is 0 Å². The van der Waals surface area contributed by atoms with Gasteiger partial charge in [0.05, 0.1) is 0 Å². The summed E-state index contributed by atoms with van der Waals surface area (Å²) in [7, 11) is 0. The van der Waals surface area contributed by atoms with Crippen LogP contribution in [0.2, 0.25) is 0 Å². The highest BCUT2D eigenvalue weighted by molar-refractivity contribution is 8.02. The first kappa shape index (κ1) is 21.6. The molecule has 2 aliphatic carbocycles. The van der Waals surface area contributed by atoms with Crippen molar-refractivity contribution in [1.29, 1.82) is 0 Å². The van der Waals surface area contributed by atoms with E-state index in [0.29, 0.717) is 9.49 Å². The zero-order valence-electron chi connectivity index (χ0n) is 17.6. The molecule has 0 unspecified atom stereocenters. The van der Waals surface area contributed by atoms with Gasteiger partial charge in [0.25, 0.3) is 0 Å². The van der Waals surface area contributed by atoms with Gasteiger partial charge >= 0.3 is 0 Å². The van der Waals surface area contributed by atoms with Gasteiger partial charge in [0, 0.05) is 9.49 Å². The highest BCUT2D eigenvalue weighted by atomic mass is 32.2. The van der Waals surface area contributed by atoms with Crippen molar-refractivity contribution < 1.29 is 0 Å². The Morgan fingerprint density at radius 2 is 0.840 bits per heavy atom. The molecule has 0 aromatic carbocycles. The highest BCUT2D eigenvalue weighted by Crippen LogP contribution is 2.53. The summed E-state index contributed by atoms with van der Waals surface area (Å²) in [4.78, 5) is 0. The Hall–Kier alpha value is 0.350. The highest BCUT2D eigenvalue weighted by Gasteiger charge is 2.40. The Balaban J connectivity index is 2.15. The molecular weight excluding hydrogens is 320 g/mol. The molecule has 0 nitrogen and oxygen atoms in total. The molecule has 25 heavy (non-hydrogen) atoms. The van der Waals surface area contributed by atoms with Gasteiger partial charge in [-0.15, -0.1) is 11.8 Å². The molecule has 2 aliphatic rings. The number of unbranched alkanes of at least 4 members (excludes halogenated alkanes) is 2. The molecule has 2 rings (SSSR count). The van der Waals surface area contributed by atoms with E-state index in [1.165, 1.54) is 128 Å². The van der Waals surface area contributed by atoms with Gasteiger partial charge in [0.15, 0.2) is 0 Å². The van der Waals surface area contributed by atoms with E-state index in [1.807, 2.05) is 0 Å². The van der Waals surface area contributed by atoms with Crippen LogP contribution in [0.1, 0.15) is 142 Å². The standard InChI is InChI=1S/C24H46S/c1-3-5-17-23(19-13-9-7-10-14-20-23)25-24(18-6-4-2)21-15-11-8-12-16-22-24/h3-22H2,1-2H3. The van der Waals surface area contributed by atoms with Crippen molar-refractivity contribution in [2.45, 2.75) is 152 Å². The average molecular weight is 367 g/mol. The van der Waals surface area contributed by atoms with E-state index in [-0.39, 0.29) is 0 Å². The summed E-state index contributed by atoms with van der Waals surface area (Å²) in [5, 5.41) is 0. The SMILES string of the molecule is CCCCC1(SC2(CCCC)CCCCCCC2)CCCCCCC1. The van der Waals surface area contributed by atoms with Crippen molar-refractivity contribution in [2.75, 3.05) is 0 Å². The molecule has 0 aromatic rings. The van der Waals surface area contributed by atoms with Crippen LogP contribution in [0, 0.1) is 0 Å². The maximum atomic E-state index is 2.56. The first-order chi connectivity index (χ1) is 12.2. The Kier molecular flexibility index (Phi) is 10.3. The van der Waals surface area contributed by atoms with Crippen LogP contribution in [0.5, 0.6) is 0 Å². The minimum absolute atomic E-state index is 0.628. The van der Waals surface area contributed by atoms with Crippen molar-refractivity contribution in [2.24, 2.45) is 0 Å². The van der Waals surface area contributed by atoms with Gasteiger partial charge in [-0.1, -0.05) is 104 Å². The first-order valence-electron chi connectivity index (χ1n) is 11.9. The third-order valence-corrected chi connectivity index (χ3v) is 9.03. The molecular formula is C24H46S. The van der Waals surface area contributed by atoms with Crippen LogP contribution in [0.25, 0.3) is 0 Å². The number of thioether (sulfide) groups is 1. The van der Waals surface area contributed by atoms with Gasteiger partial charge in [-0.3, -0.25) is 0 Å². The lowest BCUT2D eigenvalue weighted by Gasteiger charge is -2.46. The van der Waals surface area contributed by atoms with Crippen molar-refractivity contribution in [3.63, 3.8) is 0 Å². The van der Waals surface area contributed by atoms with Gasteiger partial charge in [0.2, 0.25) is 0 Å². The maximum Gasteiger partial charge on any atom is 0.0165 e. The monoisotopic (exact) mass is 366 g/mol. The molecule has 0 aliphatic heterocycles. The Labute approximate surface area is 163 Å². The third-order valence-electron chi connectivity index (χ3n) is 6.93. The molecule has 0 heterocycles. The van der Waals surface area contributed by atoms with E-state index in [0.717, 1.165) is 0 Å². The molecule has 0 amide bonds. The predicted octanol–water partition coefficient (Wildman–Crippen LogP) is 9.07. The van der Waals surface area contributed by atoms with Gasteiger partial charge in [-0.2, -0.15) is 0 Å². The van der Waals surface area contributed by atoms with Crippen molar-refractivity contribution in [3.05, 3.63) is 0 Å². The molecule has 0 bridgehead atoms. The molecule has 2 saturated carbocycles. The van der Waals surface area contributed by atoms with E-state index in [9.17, 15) is 0 Å². The minimum Gasteiger partial charge on any atom is -0.148 e. The molecule has 0 radical (unpaired) electrons. The second kappa shape index (κ2) is 11.9. The second-order valence-corrected chi connectivity index (χ2v) is 11.1. The maximum absolute atomic E-state index is 2.56. The molecule has 0 saturated heterocycles. The lowest BCUT2D eigenvalue weighted by Crippen LogP contribution is -2.37. The van der Waals surface area contributed by atoms with E-state index >= 15 is 0 Å². The lowest BCUT2D eigenvalue weighted by molar-refractivity contribution is 0.356. The van der Waals surface area contributed by atoms with E-state index in [4.69, 9.17) is 0 Å².